The molecule has 0 fully saturated rings. The molecule has 0 saturated heterocycles. The number of anilines is 1. The maximum absolute atomic E-state index is 12.4. The number of hydrogen-bond donors (Lipinski definition) is 2. The van der Waals surface area contributed by atoms with Crippen molar-refractivity contribution in [3.63, 3.8) is 0 Å². The molecule has 2 aromatic carbocycles. The van der Waals surface area contributed by atoms with Gasteiger partial charge in [0, 0.05) is 35.7 Å². The van der Waals surface area contributed by atoms with Crippen LogP contribution in [0.1, 0.15) is 30.5 Å². The number of nitrogens with one attached hydrogen (secondary N) is 2. The third-order valence-corrected chi connectivity index (χ3v) is 5.89. The fourth-order valence-corrected chi connectivity index (χ4v) is 3.99. The van der Waals surface area contributed by atoms with Crippen LogP contribution in [-0.2, 0) is 20.4 Å². The maximum Gasteiger partial charge on any atom is 0.255 e. The molecule has 0 aliphatic rings. The van der Waals surface area contributed by atoms with Crippen molar-refractivity contribution in [3.05, 3.63) is 81.8 Å². The second-order valence-corrected chi connectivity index (χ2v) is 9.85. The first kappa shape index (κ1) is 24.3. The Morgan fingerprint density at radius 2 is 1.73 bits per heavy atom. The zero-order chi connectivity index (χ0) is 24.2. The number of sulfonamides is 1. The first-order valence-electron chi connectivity index (χ1n) is 10.3. The SMILES string of the molecule is COc1c(/C=C/c2ccc(NS(C)(=O)=O)cc2)cc(-c2ccc[nH]c2=O)cc1C(C)(C)OC. The Morgan fingerprint density at radius 3 is 2.30 bits per heavy atom. The van der Waals surface area contributed by atoms with Gasteiger partial charge in [-0.25, -0.2) is 8.42 Å². The number of methoxy groups -OCH3 is 2. The minimum Gasteiger partial charge on any atom is -0.496 e. The Morgan fingerprint density at radius 1 is 1.03 bits per heavy atom. The summed E-state index contributed by atoms with van der Waals surface area (Å²) < 4.78 is 36.7. The zero-order valence-corrected chi connectivity index (χ0v) is 20.1. The first-order chi connectivity index (χ1) is 15.5. The number of pyridine rings is 1. The van der Waals surface area contributed by atoms with E-state index in [1.165, 1.54) is 0 Å². The van der Waals surface area contributed by atoms with E-state index in [2.05, 4.69) is 9.71 Å². The molecule has 0 bridgehead atoms. The van der Waals surface area contributed by atoms with Crippen molar-refractivity contribution in [2.24, 2.45) is 0 Å². The summed E-state index contributed by atoms with van der Waals surface area (Å²) >= 11 is 0. The number of aromatic nitrogens is 1. The van der Waals surface area contributed by atoms with E-state index in [0.29, 0.717) is 17.0 Å². The van der Waals surface area contributed by atoms with E-state index >= 15 is 0 Å². The monoisotopic (exact) mass is 468 g/mol. The summed E-state index contributed by atoms with van der Waals surface area (Å²) in [5.41, 5.74) is 3.37. The predicted molar refractivity (Wildman–Crippen MR) is 133 cm³/mol. The smallest absolute Gasteiger partial charge is 0.255 e. The van der Waals surface area contributed by atoms with Crippen LogP contribution in [0, 0.1) is 0 Å². The molecule has 2 N–H and O–H groups in total. The molecule has 8 heteroatoms. The van der Waals surface area contributed by atoms with Crippen LogP contribution >= 0.6 is 0 Å². The van der Waals surface area contributed by atoms with Crippen molar-refractivity contribution in [3.8, 4) is 16.9 Å². The van der Waals surface area contributed by atoms with Crippen molar-refractivity contribution in [1.82, 2.24) is 4.98 Å². The van der Waals surface area contributed by atoms with Crippen LogP contribution in [0.15, 0.2) is 59.5 Å². The van der Waals surface area contributed by atoms with Crippen molar-refractivity contribution < 1.29 is 17.9 Å². The molecule has 7 nitrogen and oxygen atoms in total. The summed E-state index contributed by atoms with van der Waals surface area (Å²) in [6, 6.07) is 14.4. The lowest BCUT2D eigenvalue weighted by molar-refractivity contribution is 0.0173. The van der Waals surface area contributed by atoms with Gasteiger partial charge in [-0.05, 0) is 61.4 Å². The first-order valence-corrected chi connectivity index (χ1v) is 12.1. The van der Waals surface area contributed by atoms with Gasteiger partial charge in [-0.3, -0.25) is 9.52 Å². The van der Waals surface area contributed by atoms with Gasteiger partial charge in [0.25, 0.3) is 5.56 Å². The molecule has 1 aromatic heterocycles. The molecule has 0 saturated carbocycles. The number of benzene rings is 2. The molecule has 0 aliphatic carbocycles. The maximum atomic E-state index is 12.4. The highest BCUT2D eigenvalue weighted by Gasteiger charge is 2.26. The zero-order valence-electron chi connectivity index (χ0n) is 19.3. The highest BCUT2D eigenvalue weighted by atomic mass is 32.2. The molecule has 0 amide bonds. The number of rotatable bonds is 8. The summed E-state index contributed by atoms with van der Waals surface area (Å²) in [6.45, 7) is 3.87. The van der Waals surface area contributed by atoms with Crippen LogP contribution in [0.3, 0.4) is 0 Å². The molecule has 33 heavy (non-hydrogen) atoms. The van der Waals surface area contributed by atoms with Gasteiger partial charge in [-0.2, -0.15) is 0 Å². The third kappa shape index (κ3) is 5.91. The molecular formula is C25H28N2O5S. The van der Waals surface area contributed by atoms with E-state index in [9.17, 15) is 13.2 Å². The van der Waals surface area contributed by atoms with E-state index in [0.717, 1.165) is 28.5 Å². The standard InChI is InChI=1S/C25H28N2O5S/c1-25(2,32-4)22-16-19(21-7-6-14-26-24(21)28)15-18(23(22)31-3)11-8-17-9-12-20(13-10-17)27-33(5,29)30/h6-16,27H,1-5H3,(H,26,28)/b11-8+. The highest BCUT2D eigenvalue weighted by molar-refractivity contribution is 7.92. The normalized spacial score (nSPS) is 12.2. The van der Waals surface area contributed by atoms with Crippen molar-refractivity contribution in [1.29, 1.82) is 0 Å². The van der Waals surface area contributed by atoms with E-state index in [1.807, 2.05) is 50.3 Å². The van der Waals surface area contributed by atoms with Gasteiger partial charge >= 0.3 is 0 Å². The Balaban J connectivity index is 2.10. The molecule has 3 rings (SSSR count). The summed E-state index contributed by atoms with van der Waals surface area (Å²) in [4.78, 5) is 15.2. The molecule has 0 aliphatic heterocycles. The highest BCUT2D eigenvalue weighted by Crippen LogP contribution is 2.39. The molecular weight excluding hydrogens is 440 g/mol. The van der Waals surface area contributed by atoms with E-state index < -0.39 is 15.6 Å². The lowest BCUT2D eigenvalue weighted by atomic mass is 9.90. The van der Waals surface area contributed by atoms with Gasteiger partial charge in [-0.1, -0.05) is 24.3 Å². The second-order valence-electron chi connectivity index (χ2n) is 8.10. The fourth-order valence-electron chi connectivity index (χ4n) is 3.43. The third-order valence-electron chi connectivity index (χ3n) is 5.28. The largest absolute Gasteiger partial charge is 0.496 e. The van der Waals surface area contributed by atoms with E-state index in [4.69, 9.17) is 9.47 Å². The van der Waals surface area contributed by atoms with Gasteiger partial charge in [-0.15, -0.1) is 0 Å². The van der Waals surface area contributed by atoms with Crippen LogP contribution < -0.4 is 15.0 Å². The number of ether oxygens (including phenoxy) is 2. The lowest BCUT2D eigenvalue weighted by Gasteiger charge is -2.27. The number of hydrogen-bond acceptors (Lipinski definition) is 5. The summed E-state index contributed by atoms with van der Waals surface area (Å²) in [5, 5.41) is 0. The van der Waals surface area contributed by atoms with Crippen LogP contribution in [-0.4, -0.2) is 33.9 Å². The van der Waals surface area contributed by atoms with Gasteiger partial charge in [0.05, 0.1) is 19.0 Å². The number of aromatic amines is 1. The van der Waals surface area contributed by atoms with Crippen LogP contribution in [0.5, 0.6) is 5.75 Å². The van der Waals surface area contributed by atoms with Crippen molar-refractivity contribution >= 4 is 27.9 Å². The van der Waals surface area contributed by atoms with Crippen LogP contribution in [0.4, 0.5) is 5.69 Å². The summed E-state index contributed by atoms with van der Waals surface area (Å²) in [5.74, 6) is 0.643. The Hall–Kier alpha value is -3.36. The van der Waals surface area contributed by atoms with Crippen molar-refractivity contribution in [2.45, 2.75) is 19.4 Å². The minimum absolute atomic E-state index is 0.187. The molecule has 0 atom stereocenters. The lowest BCUT2D eigenvalue weighted by Crippen LogP contribution is -2.21. The Kier molecular flexibility index (Phi) is 7.09. The van der Waals surface area contributed by atoms with Crippen LogP contribution in [0.25, 0.3) is 23.3 Å². The fraction of sp³-hybridized carbons (Fsp3) is 0.240. The average Bonchev–Trinajstić information content (AvgIpc) is 2.77. The molecule has 1 heterocycles. The number of H-pyrrole nitrogens is 1. The molecule has 0 unspecified atom stereocenters. The van der Waals surface area contributed by atoms with Gasteiger partial charge in [0.15, 0.2) is 0 Å². The topological polar surface area (TPSA) is 97.5 Å². The average molecular weight is 469 g/mol. The second kappa shape index (κ2) is 9.64. The van der Waals surface area contributed by atoms with Gasteiger partial charge < -0.3 is 14.5 Å². The van der Waals surface area contributed by atoms with Crippen molar-refractivity contribution in [2.75, 3.05) is 25.2 Å². The molecule has 174 valence electrons. The quantitative estimate of drug-likeness (QED) is 0.475. The molecule has 0 radical (unpaired) electrons. The van der Waals surface area contributed by atoms with Gasteiger partial charge in [0.1, 0.15) is 5.75 Å². The molecule has 3 aromatic rings. The Labute approximate surface area is 194 Å². The molecule has 0 spiro atoms. The minimum atomic E-state index is -3.33. The summed E-state index contributed by atoms with van der Waals surface area (Å²) in [6.07, 6.45) is 6.49. The summed E-state index contributed by atoms with van der Waals surface area (Å²) in [7, 11) is -0.107. The van der Waals surface area contributed by atoms with E-state index in [-0.39, 0.29) is 5.56 Å². The van der Waals surface area contributed by atoms with E-state index in [1.54, 1.807) is 44.7 Å². The van der Waals surface area contributed by atoms with Crippen LogP contribution in [0.2, 0.25) is 0 Å². The predicted octanol–water partition coefficient (Wildman–Crippen LogP) is 4.47. The van der Waals surface area contributed by atoms with Gasteiger partial charge in [0.2, 0.25) is 10.0 Å². The Bertz CT molecular complexity index is 1320.